The van der Waals surface area contributed by atoms with E-state index < -0.39 is 11.9 Å². The van der Waals surface area contributed by atoms with Crippen molar-refractivity contribution in [3.05, 3.63) is 34.1 Å². The number of anilines is 1. The van der Waals surface area contributed by atoms with Gasteiger partial charge in [-0.05, 0) is 53.4 Å². The average molecular weight is 480 g/mol. The van der Waals surface area contributed by atoms with Crippen LogP contribution in [0.25, 0.3) is 10.9 Å². The summed E-state index contributed by atoms with van der Waals surface area (Å²) >= 11 is 3.53. The van der Waals surface area contributed by atoms with Gasteiger partial charge in [0.2, 0.25) is 0 Å². The molecule has 2 aliphatic rings. The summed E-state index contributed by atoms with van der Waals surface area (Å²) in [6.07, 6.45) is 2.95. The summed E-state index contributed by atoms with van der Waals surface area (Å²) < 4.78 is 23.7. The lowest BCUT2D eigenvalue weighted by Crippen LogP contribution is -2.38. The minimum absolute atomic E-state index is 0.0313. The minimum atomic E-state index is -0.635. The van der Waals surface area contributed by atoms with Crippen molar-refractivity contribution in [2.75, 3.05) is 39.1 Å². The van der Waals surface area contributed by atoms with E-state index in [1.807, 2.05) is 22.9 Å². The van der Waals surface area contributed by atoms with Crippen LogP contribution in [-0.2, 0) is 28.5 Å². The van der Waals surface area contributed by atoms with Gasteiger partial charge in [-0.2, -0.15) is 5.10 Å². The molecule has 1 saturated heterocycles. The number of carbonyl (C=O) groups is 2. The summed E-state index contributed by atoms with van der Waals surface area (Å²) in [6.45, 7) is 0.779. The molecule has 160 valence electrons. The van der Waals surface area contributed by atoms with Crippen LogP contribution < -0.4 is 4.90 Å². The molecule has 0 aliphatic carbocycles. The van der Waals surface area contributed by atoms with Crippen molar-refractivity contribution in [3.63, 3.8) is 0 Å². The number of rotatable bonds is 4. The summed E-state index contributed by atoms with van der Waals surface area (Å²) in [5.74, 6) is -1.27. The van der Waals surface area contributed by atoms with Crippen molar-refractivity contribution in [2.24, 2.45) is 0 Å². The maximum absolute atomic E-state index is 12.5. The third-order valence-corrected chi connectivity index (χ3v) is 5.80. The molecule has 2 aliphatic heterocycles. The molecular weight excluding hydrogens is 458 g/mol. The van der Waals surface area contributed by atoms with E-state index in [2.05, 4.69) is 21.0 Å². The first-order valence-corrected chi connectivity index (χ1v) is 10.4. The van der Waals surface area contributed by atoms with Gasteiger partial charge in [0.15, 0.2) is 6.23 Å². The normalized spacial score (nSPS) is 19.8. The zero-order valence-corrected chi connectivity index (χ0v) is 18.3. The number of esters is 2. The second-order valence-corrected chi connectivity index (χ2v) is 7.73. The van der Waals surface area contributed by atoms with Crippen molar-refractivity contribution >= 4 is 44.5 Å². The molecule has 1 aromatic carbocycles. The Kier molecular flexibility index (Phi) is 6.07. The topological polar surface area (TPSA) is 92.1 Å². The Morgan fingerprint density at radius 2 is 2.00 bits per heavy atom. The number of carbonyl (C=O) groups excluding carboxylic acids is 2. The summed E-state index contributed by atoms with van der Waals surface area (Å²) in [6, 6.07) is 5.66. The van der Waals surface area contributed by atoms with Gasteiger partial charge in [0.25, 0.3) is 0 Å². The van der Waals surface area contributed by atoms with Crippen LogP contribution in [0.4, 0.5) is 5.69 Å². The van der Waals surface area contributed by atoms with Crippen LogP contribution in [0.1, 0.15) is 25.5 Å². The number of aromatic nitrogens is 2. The van der Waals surface area contributed by atoms with E-state index in [0.29, 0.717) is 10.3 Å². The van der Waals surface area contributed by atoms with Gasteiger partial charge in [-0.15, -0.1) is 0 Å². The molecule has 30 heavy (non-hydrogen) atoms. The standard InChI is InChI=1S/C20H22BrN3O6/c1-27-19(25)14-10-29-11-23(17(14)20(26)28-2)12-6-7-15-13(9-12)18(21)22-24(15)16-5-3-4-8-30-16/h6-7,9,16H,3-5,8,10-11H2,1-2H3. The van der Waals surface area contributed by atoms with E-state index in [1.54, 1.807) is 4.90 Å². The van der Waals surface area contributed by atoms with Gasteiger partial charge in [0.05, 0.1) is 31.9 Å². The Balaban J connectivity index is 1.77. The van der Waals surface area contributed by atoms with Gasteiger partial charge in [-0.1, -0.05) is 0 Å². The average Bonchev–Trinajstić information content (AvgIpc) is 3.14. The molecule has 2 aromatic rings. The Morgan fingerprint density at radius 3 is 2.70 bits per heavy atom. The Hall–Kier alpha value is -2.43. The molecule has 1 fully saturated rings. The van der Waals surface area contributed by atoms with Gasteiger partial charge in [-0.25, -0.2) is 14.3 Å². The highest BCUT2D eigenvalue weighted by molar-refractivity contribution is 9.10. The summed E-state index contributed by atoms with van der Waals surface area (Å²) in [7, 11) is 2.53. The fourth-order valence-electron chi connectivity index (χ4n) is 3.74. The summed E-state index contributed by atoms with van der Waals surface area (Å²) in [5, 5.41) is 5.46. The van der Waals surface area contributed by atoms with Crippen LogP contribution in [0.2, 0.25) is 0 Å². The Labute approximate surface area is 181 Å². The molecule has 3 heterocycles. The van der Waals surface area contributed by atoms with Crippen LogP contribution in [-0.4, -0.2) is 55.9 Å². The van der Waals surface area contributed by atoms with Crippen LogP contribution >= 0.6 is 15.9 Å². The molecule has 4 rings (SSSR count). The molecule has 0 saturated carbocycles. The van der Waals surface area contributed by atoms with E-state index >= 15 is 0 Å². The van der Waals surface area contributed by atoms with Crippen molar-refractivity contribution in [3.8, 4) is 0 Å². The van der Waals surface area contributed by atoms with Crippen molar-refractivity contribution < 1.29 is 28.5 Å². The van der Waals surface area contributed by atoms with Gasteiger partial charge >= 0.3 is 11.9 Å². The number of benzene rings is 1. The third-order valence-electron chi connectivity index (χ3n) is 5.22. The number of nitrogens with zero attached hydrogens (tertiary/aromatic N) is 3. The predicted octanol–water partition coefficient (Wildman–Crippen LogP) is 2.89. The first-order valence-electron chi connectivity index (χ1n) is 9.59. The molecule has 1 unspecified atom stereocenters. The molecule has 0 bridgehead atoms. The predicted molar refractivity (Wildman–Crippen MR) is 111 cm³/mol. The van der Waals surface area contributed by atoms with Gasteiger partial charge in [0, 0.05) is 17.7 Å². The number of fused-ring (bicyclic) bond motifs is 1. The second kappa shape index (κ2) is 8.75. The van der Waals surface area contributed by atoms with Crippen molar-refractivity contribution in [1.29, 1.82) is 0 Å². The molecule has 10 heteroatoms. The number of ether oxygens (including phenoxy) is 4. The first kappa shape index (κ1) is 20.8. The fraction of sp³-hybridized carbons (Fsp3) is 0.450. The van der Waals surface area contributed by atoms with E-state index in [1.165, 1.54) is 14.2 Å². The molecule has 1 atom stereocenters. The zero-order valence-electron chi connectivity index (χ0n) is 16.7. The van der Waals surface area contributed by atoms with E-state index in [9.17, 15) is 9.59 Å². The smallest absolute Gasteiger partial charge is 0.355 e. The summed E-state index contributed by atoms with van der Waals surface area (Å²) in [5.41, 5.74) is 1.79. The third kappa shape index (κ3) is 3.70. The van der Waals surface area contributed by atoms with Gasteiger partial charge in [-0.3, -0.25) is 0 Å². The molecular formula is C20H22BrN3O6. The molecule has 0 radical (unpaired) electrons. The van der Waals surface area contributed by atoms with Gasteiger partial charge in [0.1, 0.15) is 17.0 Å². The lowest BCUT2D eigenvalue weighted by atomic mass is 10.1. The van der Waals surface area contributed by atoms with Crippen LogP contribution in [0.3, 0.4) is 0 Å². The van der Waals surface area contributed by atoms with Crippen molar-refractivity contribution in [2.45, 2.75) is 25.5 Å². The lowest BCUT2D eigenvalue weighted by Gasteiger charge is -2.31. The minimum Gasteiger partial charge on any atom is -0.466 e. The largest absolute Gasteiger partial charge is 0.466 e. The molecule has 0 amide bonds. The maximum atomic E-state index is 12.5. The highest BCUT2D eigenvalue weighted by Gasteiger charge is 2.33. The molecule has 0 N–H and O–H groups in total. The maximum Gasteiger partial charge on any atom is 0.355 e. The van der Waals surface area contributed by atoms with E-state index in [0.717, 1.165) is 36.8 Å². The number of methoxy groups -OCH3 is 2. The first-order chi connectivity index (χ1) is 14.5. The number of halogens is 1. The molecule has 0 spiro atoms. The highest BCUT2D eigenvalue weighted by atomic mass is 79.9. The quantitative estimate of drug-likeness (QED) is 0.618. The van der Waals surface area contributed by atoms with Crippen LogP contribution in [0.15, 0.2) is 34.1 Å². The second-order valence-electron chi connectivity index (χ2n) is 6.97. The number of hydrogen-bond acceptors (Lipinski definition) is 8. The SMILES string of the molecule is COC(=O)C1=C(C(=O)OC)N(c2ccc3c(c2)c(Br)nn3C2CCCCO2)COC1. The number of hydrogen-bond donors (Lipinski definition) is 0. The molecule has 1 aromatic heterocycles. The van der Waals surface area contributed by atoms with E-state index in [4.69, 9.17) is 18.9 Å². The fourth-order valence-corrected chi connectivity index (χ4v) is 4.23. The monoisotopic (exact) mass is 479 g/mol. The molecule has 9 nitrogen and oxygen atoms in total. The van der Waals surface area contributed by atoms with Crippen molar-refractivity contribution in [1.82, 2.24) is 9.78 Å². The Bertz CT molecular complexity index is 1010. The van der Waals surface area contributed by atoms with E-state index in [-0.39, 0.29) is 30.8 Å². The summed E-state index contributed by atoms with van der Waals surface area (Å²) in [4.78, 5) is 26.3. The lowest BCUT2D eigenvalue weighted by molar-refractivity contribution is -0.140. The van der Waals surface area contributed by atoms with Crippen LogP contribution in [0, 0.1) is 0 Å². The highest BCUT2D eigenvalue weighted by Crippen LogP contribution is 2.34. The Morgan fingerprint density at radius 1 is 1.20 bits per heavy atom. The van der Waals surface area contributed by atoms with Crippen LogP contribution in [0.5, 0.6) is 0 Å². The van der Waals surface area contributed by atoms with Gasteiger partial charge < -0.3 is 23.8 Å². The zero-order chi connectivity index (χ0) is 21.3.